The number of nitrogens with one attached hydrogen (secondary N) is 1. The van der Waals surface area contributed by atoms with E-state index in [0.717, 1.165) is 39.0 Å². The van der Waals surface area contributed by atoms with Crippen molar-refractivity contribution in [3.05, 3.63) is 87.5 Å². The number of hydrogen-bond acceptors (Lipinski definition) is 5. The Balaban J connectivity index is 1.69. The minimum Gasteiger partial charge on any atom is -0.455 e. The summed E-state index contributed by atoms with van der Waals surface area (Å²) < 4.78 is 8.29. The van der Waals surface area contributed by atoms with Crippen LogP contribution in [0.3, 0.4) is 0 Å². The summed E-state index contributed by atoms with van der Waals surface area (Å²) in [5.74, 6) is 0.591. The summed E-state index contributed by atoms with van der Waals surface area (Å²) in [5, 5.41) is 9.58. The van der Waals surface area contributed by atoms with E-state index in [4.69, 9.17) is 4.42 Å². The predicted octanol–water partition coefficient (Wildman–Crippen LogP) is 5.84. The van der Waals surface area contributed by atoms with Gasteiger partial charge < -0.3 is 9.73 Å². The minimum absolute atomic E-state index is 0.00718. The van der Waals surface area contributed by atoms with E-state index >= 15 is 0 Å². The van der Waals surface area contributed by atoms with Crippen LogP contribution in [0, 0.1) is 20.8 Å². The standard InChI is InChI=1S/C27H26N4O2/c1-15-11-21(17(3)29-23-7-6-10-28-18(23)4)27-22(12-15)25(32)16(2)26(33-27)19-8-9-24-20(13-19)14-31(5)30-24/h6-14,17,29H,1-5H3. The minimum atomic E-state index is -0.0881. The van der Waals surface area contributed by atoms with Crippen LogP contribution in [0.15, 0.2) is 64.1 Å². The van der Waals surface area contributed by atoms with Crippen LogP contribution in [0.25, 0.3) is 33.2 Å². The fourth-order valence-corrected chi connectivity index (χ4v) is 4.40. The van der Waals surface area contributed by atoms with E-state index in [9.17, 15) is 4.79 Å². The number of pyridine rings is 1. The number of rotatable bonds is 4. The Bertz CT molecular complexity index is 1580. The van der Waals surface area contributed by atoms with Gasteiger partial charge in [-0.15, -0.1) is 0 Å². The molecular weight excluding hydrogens is 412 g/mol. The number of hydrogen-bond donors (Lipinski definition) is 1. The van der Waals surface area contributed by atoms with Gasteiger partial charge in [-0.2, -0.15) is 5.10 Å². The third-order valence-corrected chi connectivity index (χ3v) is 6.12. The molecule has 0 spiro atoms. The Morgan fingerprint density at radius 1 is 1.09 bits per heavy atom. The van der Waals surface area contributed by atoms with Gasteiger partial charge in [0.25, 0.3) is 0 Å². The second-order valence-electron chi connectivity index (χ2n) is 8.69. The second kappa shape index (κ2) is 7.89. The maximum absolute atomic E-state index is 13.4. The predicted molar refractivity (Wildman–Crippen MR) is 133 cm³/mol. The zero-order chi connectivity index (χ0) is 23.3. The molecule has 3 heterocycles. The summed E-state index contributed by atoms with van der Waals surface area (Å²) >= 11 is 0. The molecule has 0 radical (unpaired) electrons. The molecule has 33 heavy (non-hydrogen) atoms. The number of fused-ring (bicyclic) bond motifs is 2. The number of nitrogens with zero attached hydrogens (tertiary/aromatic N) is 3. The van der Waals surface area contributed by atoms with E-state index in [1.165, 1.54) is 0 Å². The maximum atomic E-state index is 13.4. The van der Waals surface area contributed by atoms with Crippen LogP contribution >= 0.6 is 0 Å². The lowest BCUT2D eigenvalue weighted by Crippen LogP contribution is -2.13. The normalized spacial score (nSPS) is 12.4. The van der Waals surface area contributed by atoms with E-state index in [-0.39, 0.29) is 11.5 Å². The van der Waals surface area contributed by atoms with Gasteiger partial charge >= 0.3 is 0 Å². The van der Waals surface area contributed by atoms with Gasteiger partial charge in [0.2, 0.25) is 0 Å². The lowest BCUT2D eigenvalue weighted by atomic mass is 9.98. The summed E-state index contributed by atoms with van der Waals surface area (Å²) in [7, 11) is 1.90. The van der Waals surface area contributed by atoms with Crippen molar-refractivity contribution in [2.75, 3.05) is 5.32 Å². The molecule has 5 aromatic rings. The van der Waals surface area contributed by atoms with Gasteiger partial charge in [-0.25, -0.2) is 0 Å². The van der Waals surface area contributed by atoms with Gasteiger partial charge in [-0.1, -0.05) is 6.07 Å². The zero-order valence-electron chi connectivity index (χ0n) is 19.4. The highest BCUT2D eigenvalue weighted by Gasteiger charge is 2.19. The monoisotopic (exact) mass is 438 g/mol. The van der Waals surface area contributed by atoms with Crippen molar-refractivity contribution < 1.29 is 4.42 Å². The molecule has 3 aromatic heterocycles. The van der Waals surface area contributed by atoms with Crippen LogP contribution < -0.4 is 10.7 Å². The van der Waals surface area contributed by atoms with Gasteiger partial charge in [-0.3, -0.25) is 14.5 Å². The van der Waals surface area contributed by atoms with Crippen molar-refractivity contribution in [3.8, 4) is 11.3 Å². The summed E-state index contributed by atoms with van der Waals surface area (Å²) in [4.78, 5) is 17.8. The van der Waals surface area contributed by atoms with Crippen LogP contribution in [0.5, 0.6) is 0 Å². The molecule has 0 amide bonds. The largest absolute Gasteiger partial charge is 0.455 e. The van der Waals surface area contributed by atoms with Crippen molar-refractivity contribution in [1.82, 2.24) is 14.8 Å². The third kappa shape index (κ3) is 3.67. The van der Waals surface area contributed by atoms with Crippen molar-refractivity contribution in [2.45, 2.75) is 33.7 Å². The van der Waals surface area contributed by atoms with Gasteiger partial charge in [-0.05, 0) is 69.7 Å². The van der Waals surface area contributed by atoms with Crippen LogP contribution in [0.4, 0.5) is 5.69 Å². The van der Waals surface area contributed by atoms with Crippen molar-refractivity contribution in [2.24, 2.45) is 7.05 Å². The molecule has 0 saturated carbocycles. The van der Waals surface area contributed by atoms with Gasteiger partial charge in [0.1, 0.15) is 11.3 Å². The first-order valence-corrected chi connectivity index (χ1v) is 11.0. The highest BCUT2D eigenvalue weighted by atomic mass is 16.3. The number of benzene rings is 2. The fraction of sp³-hybridized carbons (Fsp3) is 0.222. The number of aromatic nitrogens is 3. The summed E-state index contributed by atoms with van der Waals surface area (Å²) in [6.45, 7) is 7.88. The molecule has 0 aliphatic heterocycles. The smallest absolute Gasteiger partial charge is 0.196 e. The average Bonchev–Trinajstić information content (AvgIpc) is 3.16. The molecule has 2 aromatic carbocycles. The molecule has 166 valence electrons. The SMILES string of the molecule is Cc1cc(C(C)Nc2cccnc2C)c2oc(-c3ccc4nn(C)cc4c3)c(C)c(=O)c2c1. The van der Waals surface area contributed by atoms with E-state index in [0.29, 0.717) is 22.3 Å². The van der Waals surface area contributed by atoms with Crippen LogP contribution in [-0.4, -0.2) is 14.8 Å². The van der Waals surface area contributed by atoms with Crippen LogP contribution in [0.2, 0.25) is 0 Å². The Morgan fingerprint density at radius 3 is 2.70 bits per heavy atom. The number of aryl methyl sites for hydroxylation is 3. The first-order chi connectivity index (χ1) is 15.8. The molecule has 0 bridgehead atoms. The molecule has 1 N–H and O–H groups in total. The Hall–Kier alpha value is -3.93. The molecule has 5 rings (SSSR count). The van der Waals surface area contributed by atoms with Gasteiger partial charge in [0.15, 0.2) is 5.43 Å². The molecule has 0 aliphatic carbocycles. The van der Waals surface area contributed by atoms with E-state index in [1.54, 1.807) is 10.9 Å². The summed E-state index contributed by atoms with van der Waals surface area (Å²) in [6, 6.07) is 13.8. The Kier molecular flexibility index (Phi) is 5.01. The highest BCUT2D eigenvalue weighted by Crippen LogP contribution is 2.33. The zero-order valence-corrected chi connectivity index (χ0v) is 19.4. The first kappa shape index (κ1) is 20.9. The summed E-state index contributed by atoms with van der Waals surface area (Å²) in [5.41, 5.74) is 6.81. The molecule has 0 aliphatic rings. The lowest BCUT2D eigenvalue weighted by Gasteiger charge is -2.19. The van der Waals surface area contributed by atoms with Crippen molar-refractivity contribution >= 4 is 27.6 Å². The molecule has 0 saturated heterocycles. The fourth-order valence-electron chi connectivity index (χ4n) is 4.40. The van der Waals surface area contributed by atoms with Gasteiger partial charge in [0.05, 0.1) is 28.3 Å². The molecule has 6 heteroatoms. The lowest BCUT2D eigenvalue weighted by molar-refractivity contribution is 0.605. The van der Waals surface area contributed by atoms with E-state index < -0.39 is 0 Å². The third-order valence-electron chi connectivity index (χ3n) is 6.12. The topological polar surface area (TPSA) is 73.0 Å². The van der Waals surface area contributed by atoms with Crippen LogP contribution in [0.1, 0.15) is 35.3 Å². The number of anilines is 1. The van der Waals surface area contributed by atoms with Crippen molar-refractivity contribution in [3.63, 3.8) is 0 Å². The molecule has 0 fully saturated rings. The highest BCUT2D eigenvalue weighted by molar-refractivity contribution is 5.87. The van der Waals surface area contributed by atoms with E-state index in [1.807, 2.05) is 70.4 Å². The van der Waals surface area contributed by atoms with Gasteiger partial charge in [0, 0.05) is 41.5 Å². The first-order valence-electron chi connectivity index (χ1n) is 11.0. The Labute approximate surface area is 191 Å². The summed E-state index contributed by atoms with van der Waals surface area (Å²) in [6.07, 6.45) is 3.74. The molecular formula is C27H26N4O2. The molecule has 6 nitrogen and oxygen atoms in total. The quantitative estimate of drug-likeness (QED) is 0.382. The molecule has 1 unspecified atom stereocenters. The van der Waals surface area contributed by atoms with Crippen LogP contribution in [-0.2, 0) is 7.05 Å². The molecule has 1 atom stereocenters. The maximum Gasteiger partial charge on any atom is 0.196 e. The van der Waals surface area contributed by atoms with Crippen molar-refractivity contribution in [1.29, 1.82) is 0 Å². The second-order valence-corrected chi connectivity index (χ2v) is 8.69. The average molecular weight is 439 g/mol. The Morgan fingerprint density at radius 2 is 1.91 bits per heavy atom. The van der Waals surface area contributed by atoms with E-state index in [2.05, 4.69) is 28.4 Å².